The van der Waals surface area contributed by atoms with E-state index >= 15 is 0 Å². The van der Waals surface area contributed by atoms with Crippen molar-refractivity contribution < 1.29 is 19.1 Å². The minimum Gasteiger partial charge on any atom is -0.465 e. The standard InChI is InChI=1S/C25H24ClFN4O3/c1-14-13-30(9-10-31(14)25(33)34)24(32)16-5-7-18-21(12-16)29-20-11-15(4-6-17(20)22(18)26)23-19(27)3-2-8-28-23/h2-3,5,7-8,12,14-15H,4,6,9-11,13H2,1H3,(H,33,34)/t14-,15?/m1/s1. The molecule has 1 saturated heterocycles. The molecule has 0 radical (unpaired) electrons. The van der Waals surface area contributed by atoms with E-state index in [-0.39, 0.29) is 30.2 Å². The zero-order valence-electron chi connectivity index (χ0n) is 18.7. The third kappa shape index (κ3) is 3.96. The number of carbonyl (C=O) groups is 2. The van der Waals surface area contributed by atoms with Crippen LogP contribution >= 0.6 is 11.6 Å². The lowest BCUT2D eigenvalue weighted by molar-refractivity contribution is 0.0507. The second kappa shape index (κ2) is 8.83. The second-order valence-electron chi connectivity index (χ2n) is 8.97. The van der Waals surface area contributed by atoms with Crippen molar-refractivity contribution in [2.45, 2.75) is 38.1 Å². The maximum Gasteiger partial charge on any atom is 0.407 e. The number of aromatic nitrogens is 2. The molecule has 176 valence electrons. The number of carboxylic acid groups (broad SMARTS) is 1. The molecule has 7 nitrogen and oxygen atoms in total. The van der Waals surface area contributed by atoms with Crippen molar-refractivity contribution in [2.24, 2.45) is 0 Å². The Morgan fingerprint density at radius 1 is 1.24 bits per heavy atom. The Morgan fingerprint density at radius 3 is 2.79 bits per heavy atom. The molecule has 9 heteroatoms. The van der Waals surface area contributed by atoms with Crippen molar-refractivity contribution in [2.75, 3.05) is 19.6 Å². The Labute approximate surface area is 201 Å². The number of amides is 2. The van der Waals surface area contributed by atoms with Gasteiger partial charge >= 0.3 is 6.09 Å². The summed E-state index contributed by atoms with van der Waals surface area (Å²) in [5.41, 5.74) is 3.33. The molecular weight excluding hydrogens is 459 g/mol. The molecule has 1 N–H and O–H groups in total. The Balaban J connectivity index is 1.43. The molecule has 3 heterocycles. The predicted octanol–water partition coefficient (Wildman–Crippen LogP) is 4.52. The maximum absolute atomic E-state index is 14.3. The molecule has 0 bridgehead atoms. The van der Waals surface area contributed by atoms with Gasteiger partial charge in [0.05, 0.1) is 16.2 Å². The van der Waals surface area contributed by atoms with Gasteiger partial charge in [0.25, 0.3) is 5.91 Å². The van der Waals surface area contributed by atoms with Crippen molar-refractivity contribution in [3.05, 3.63) is 69.9 Å². The number of pyridine rings is 2. The highest BCUT2D eigenvalue weighted by Gasteiger charge is 2.31. The molecule has 1 aliphatic carbocycles. The van der Waals surface area contributed by atoms with Crippen LogP contribution in [0.5, 0.6) is 0 Å². The summed E-state index contributed by atoms with van der Waals surface area (Å²) in [7, 11) is 0. The molecule has 2 amide bonds. The Morgan fingerprint density at radius 2 is 2.06 bits per heavy atom. The van der Waals surface area contributed by atoms with E-state index in [0.717, 1.165) is 23.1 Å². The summed E-state index contributed by atoms with van der Waals surface area (Å²) in [6, 6.07) is 8.03. The molecule has 2 atom stereocenters. The van der Waals surface area contributed by atoms with Crippen molar-refractivity contribution in [3.63, 3.8) is 0 Å². The largest absolute Gasteiger partial charge is 0.465 e. The Kier molecular flexibility index (Phi) is 5.85. The van der Waals surface area contributed by atoms with Crippen LogP contribution < -0.4 is 0 Å². The molecule has 34 heavy (non-hydrogen) atoms. The third-order valence-corrected chi connectivity index (χ3v) is 7.30. The normalized spacial score (nSPS) is 20.3. The fraction of sp³-hybridized carbons (Fsp3) is 0.360. The molecule has 0 saturated carbocycles. The van der Waals surface area contributed by atoms with E-state index < -0.39 is 6.09 Å². The highest BCUT2D eigenvalue weighted by molar-refractivity contribution is 6.36. The lowest BCUT2D eigenvalue weighted by atomic mass is 9.84. The van der Waals surface area contributed by atoms with Crippen LogP contribution in [0, 0.1) is 5.82 Å². The van der Waals surface area contributed by atoms with Gasteiger partial charge in [0, 0.05) is 54.4 Å². The number of hydrogen-bond donors (Lipinski definition) is 1. The zero-order valence-corrected chi connectivity index (χ0v) is 19.4. The molecule has 1 aliphatic heterocycles. The topological polar surface area (TPSA) is 86.6 Å². The second-order valence-corrected chi connectivity index (χ2v) is 9.35. The molecular formula is C25H24ClFN4O3. The molecule has 2 aliphatic rings. The summed E-state index contributed by atoms with van der Waals surface area (Å²) in [5, 5.41) is 10.7. The summed E-state index contributed by atoms with van der Waals surface area (Å²) < 4.78 is 14.3. The first-order valence-electron chi connectivity index (χ1n) is 11.3. The number of benzene rings is 1. The zero-order chi connectivity index (χ0) is 24.0. The molecule has 3 aromatic rings. The van der Waals surface area contributed by atoms with Gasteiger partial charge in [-0.15, -0.1) is 0 Å². The Hall–Kier alpha value is -3.26. The summed E-state index contributed by atoms with van der Waals surface area (Å²) in [4.78, 5) is 36.6. The monoisotopic (exact) mass is 482 g/mol. The quantitative estimate of drug-likeness (QED) is 0.580. The predicted molar refractivity (Wildman–Crippen MR) is 126 cm³/mol. The van der Waals surface area contributed by atoms with Crippen LogP contribution in [0.15, 0.2) is 36.5 Å². The highest BCUT2D eigenvalue weighted by atomic mass is 35.5. The summed E-state index contributed by atoms with van der Waals surface area (Å²) in [5.74, 6) is -0.553. The minimum atomic E-state index is -0.974. The maximum atomic E-state index is 14.3. The van der Waals surface area contributed by atoms with Crippen molar-refractivity contribution in [1.82, 2.24) is 19.8 Å². The van der Waals surface area contributed by atoms with Crippen LogP contribution in [0.1, 0.15) is 46.6 Å². The van der Waals surface area contributed by atoms with Gasteiger partial charge in [0.2, 0.25) is 0 Å². The molecule has 1 unspecified atom stereocenters. The van der Waals surface area contributed by atoms with E-state index in [1.165, 1.54) is 11.0 Å². The van der Waals surface area contributed by atoms with E-state index in [0.29, 0.717) is 47.7 Å². The van der Waals surface area contributed by atoms with Crippen LogP contribution in [0.3, 0.4) is 0 Å². The number of rotatable bonds is 2. The SMILES string of the molecule is C[C@@H]1CN(C(=O)c2ccc3c(Cl)c4c(nc3c2)CC(c2ncccc2F)CC4)CCN1C(=O)O. The number of fused-ring (bicyclic) bond motifs is 2. The first kappa shape index (κ1) is 22.5. The summed E-state index contributed by atoms with van der Waals surface area (Å²) >= 11 is 6.74. The lowest BCUT2D eigenvalue weighted by Gasteiger charge is -2.38. The van der Waals surface area contributed by atoms with E-state index in [4.69, 9.17) is 16.6 Å². The fourth-order valence-corrected chi connectivity index (χ4v) is 5.43. The van der Waals surface area contributed by atoms with Crippen molar-refractivity contribution >= 4 is 34.5 Å². The van der Waals surface area contributed by atoms with Gasteiger partial charge in [-0.05, 0) is 56.0 Å². The Bertz CT molecular complexity index is 1300. The number of carbonyl (C=O) groups excluding carboxylic acids is 1. The van der Waals surface area contributed by atoms with Crippen LogP contribution in [0.25, 0.3) is 10.9 Å². The highest BCUT2D eigenvalue weighted by Crippen LogP contribution is 2.38. The van der Waals surface area contributed by atoms with Crippen LogP contribution in [-0.2, 0) is 12.8 Å². The van der Waals surface area contributed by atoms with Crippen molar-refractivity contribution in [3.8, 4) is 0 Å². The van der Waals surface area contributed by atoms with Gasteiger partial charge < -0.3 is 14.9 Å². The molecule has 1 fully saturated rings. The minimum absolute atomic E-state index is 0.0773. The molecule has 5 rings (SSSR count). The van der Waals surface area contributed by atoms with Crippen LogP contribution in [-0.4, -0.2) is 62.6 Å². The molecule has 1 aromatic carbocycles. The summed E-state index contributed by atoms with van der Waals surface area (Å²) in [6.45, 7) is 2.74. The van der Waals surface area contributed by atoms with Gasteiger partial charge in [-0.2, -0.15) is 0 Å². The van der Waals surface area contributed by atoms with Gasteiger partial charge in [0.1, 0.15) is 5.82 Å². The lowest BCUT2D eigenvalue weighted by Crippen LogP contribution is -2.55. The number of hydrogen-bond acceptors (Lipinski definition) is 4. The van der Waals surface area contributed by atoms with Gasteiger partial charge in [-0.3, -0.25) is 14.8 Å². The van der Waals surface area contributed by atoms with Crippen molar-refractivity contribution in [1.29, 1.82) is 0 Å². The fourth-order valence-electron chi connectivity index (χ4n) is 5.06. The van der Waals surface area contributed by atoms with Gasteiger partial charge in [-0.1, -0.05) is 17.7 Å². The summed E-state index contributed by atoms with van der Waals surface area (Å²) in [6.07, 6.45) is 2.59. The van der Waals surface area contributed by atoms with Crippen LogP contribution in [0.4, 0.5) is 9.18 Å². The van der Waals surface area contributed by atoms with Crippen LogP contribution in [0.2, 0.25) is 5.02 Å². The van der Waals surface area contributed by atoms with E-state index in [9.17, 15) is 19.1 Å². The average Bonchev–Trinajstić information content (AvgIpc) is 2.83. The first-order chi connectivity index (χ1) is 16.3. The molecule has 2 aromatic heterocycles. The number of piperazine rings is 1. The van der Waals surface area contributed by atoms with E-state index in [1.807, 2.05) is 6.07 Å². The van der Waals surface area contributed by atoms with Gasteiger partial charge in [0.15, 0.2) is 0 Å². The van der Waals surface area contributed by atoms with E-state index in [2.05, 4.69) is 4.98 Å². The molecule has 0 spiro atoms. The first-order valence-corrected chi connectivity index (χ1v) is 11.7. The number of halogens is 2. The number of nitrogens with zero attached hydrogens (tertiary/aromatic N) is 4. The average molecular weight is 483 g/mol. The third-order valence-electron chi connectivity index (χ3n) is 6.87. The van der Waals surface area contributed by atoms with Gasteiger partial charge in [-0.25, -0.2) is 9.18 Å². The smallest absolute Gasteiger partial charge is 0.407 e. The van der Waals surface area contributed by atoms with E-state index in [1.54, 1.807) is 36.2 Å².